The third kappa shape index (κ3) is 4.35. The topological polar surface area (TPSA) is 97.2 Å². The predicted molar refractivity (Wildman–Crippen MR) is 75.6 cm³/mol. The van der Waals surface area contributed by atoms with E-state index >= 15 is 0 Å². The van der Waals surface area contributed by atoms with Crippen LogP contribution in [0.15, 0.2) is 47.6 Å². The Morgan fingerprint density at radius 1 is 1.10 bits per heavy atom. The molecule has 1 aromatic carbocycles. The second-order valence-corrected chi connectivity index (χ2v) is 6.56. The van der Waals surface area contributed by atoms with Crippen molar-refractivity contribution in [2.75, 3.05) is 5.75 Å². The van der Waals surface area contributed by atoms with E-state index in [-0.39, 0.29) is 23.5 Å². The number of nitrogens with zero attached hydrogens (tertiary/aromatic N) is 2. The SMILES string of the molecule is O=C(O)Cc1ccc(S(=O)(=O)CCc2ncccn2)cc1. The number of carbonyl (C=O) groups is 1. The number of rotatable bonds is 6. The van der Waals surface area contributed by atoms with Crippen LogP contribution in [-0.4, -0.2) is 35.2 Å². The number of benzene rings is 1. The van der Waals surface area contributed by atoms with Crippen LogP contribution in [0.4, 0.5) is 0 Å². The van der Waals surface area contributed by atoms with Gasteiger partial charge in [-0.2, -0.15) is 0 Å². The van der Waals surface area contributed by atoms with E-state index in [9.17, 15) is 13.2 Å². The number of carboxylic acid groups (broad SMARTS) is 1. The van der Waals surface area contributed by atoms with E-state index in [0.717, 1.165) is 0 Å². The second kappa shape index (κ2) is 6.45. The fraction of sp³-hybridized carbons (Fsp3) is 0.214. The minimum absolute atomic E-state index is 0.0880. The van der Waals surface area contributed by atoms with Crippen molar-refractivity contribution in [2.24, 2.45) is 0 Å². The summed E-state index contributed by atoms with van der Waals surface area (Å²) >= 11 is 0. The van der Waals surface area contributed by atoms with Crippen molar-refractivity contribution in [3.63, 3.8) is 0 Å². The smallest absolute Gasteiger partial charge is 0.307 e. The Balaban J connectivity index is 2.07. The van der Waals surface area contributed by atoms with E-state index < -0.39 is 15.8 Å². The largest absolute Gasteiger partial charge is 0.481 e. The molecular weight excluding hydrogens is 292 g/mol. The van der Waals surface area contributed by atoms with Crippen molar-refractivity contribution in [1.29, 1.82) is 0 Å². The minimum atomic E-state index is -3.43. The molecule has 0 bridgehead atoms. The van der Waals surface area contributed by atoms with Crippen LogP contribution in [0, 0.1) is 0 Å². The summed E-state index contributed by atoms with van der Waals surface area (Å²) in [6.07, 6.45) is 3.24. The lowest BCUT2D eigenvalue weighted by Gasteiger charge is -2.05. The molecule has 0 spiro atoms. The Morgan fingerprint density at radius 3 is 2.29 bits per heavy atom. The number of aliphatic carboxylic acids is 1. The molecule has 1 N–H and O–H groups in total. The molecule has 2 rings (SSSR count). The molecule has 1 aromatic heterocycles. The fourth-order valence-electron chi connectivity index (χ4n) is 1.79. The lowest BCUT2D eigenvalue weighted by Crippen LogP contribution is -2.11. The summed E-state index contributed by atoms with van der Waals surface area (Å²) in [4.78, 5) is 18.7. The summed E-state index contributed by atoms with van der Waals surface area (Å²) in [5, 5.41) is 8.67. The third-order valence-corrected chi connectivity index (χ3v) is 4.58. The predicted octanol–water partition coefficient (Wildman–Crippen LogP) is 1.12. The molecular formula is C14H14N2O4S. The summed E-state index contributed by atoms with van der Waals surface area (Å²) in [7, 11) is -3.43. The quantitative estimate of drug-likeness (QED) is 0.859. The highest BCUT2D eigenvalue weighted by molar-refractivity contribution is 7.91. The van der Waals surface area contributed by atoms with Crippen LogP contribution >= 0.6 is 0 Å². The fourth-order valence-corrected chi connectivity index (χ4v) is 3.03. The van der Waals surface area contributed by atoms with Gasteiger partial charge in [-0.3, -0.25) is 4.79 Å². The normalized spacial score (nSPS) is 11.2. The molecule has 21 heavy (non-hydrogen) atoms. The molecule has 0 atom stereocenters. The Morgan fingerprint density at radius 2 is 1.71 bits per heavy atom. The van der Waals surface area contributed by atoms with Crippen LogP contribution in [0.5, 0.6) is 0 Å². The van der Waals surface area contributed by atoms with Gasteiger partial charge < -0.3 is 5.11 Å². The summed E-state index contributed by atoms with van der Waals surface area (Å²) < 4.78 is 24.3. The molecule has 0 amide bonds. The number of carboxylic acids is 1. The van der Waals surface area contributed by atoms with E-state index in [0.29, 0.717) is 11.4 Å². The van der Waals surface area contributed by atoms with Crippen LogP contribution in [0.2, 0.25) is 0 Å². The molecule has 0 radical (unpaired) electrons. The van der Waals surface area contributed by atoms with Crippen LogP contribution < -0.4 is 0 Å². The Kier molecular flexibility index (Phi) is 4.64. The average Bonchev–Trinajstić information content (AvgIpc) is 2.46. The van der Waals surface area contributed by atoms with E-state index in [1.54, 1.807) is 18.5 Å². The first-order valence-electron chi connectivity index (χ1n) is 6.27. The van der Waals surface area contributed by atoms with Gasteiger partial charge in [0, 0.05) is 18.8 Å². The molecule has 6 nitrogen and oxygen atoms in total. The average molecular weight is 306 g/mol. The van der Waals surface area contributed by atoms with Gasteiger partial charge in [0.05, 0.1) is 17.1 Å². The molecule has 0 unspecified atom stereocenters. The zero-order chi connectivity index (χ0) is 15.3. The first-order valence-corrected chi connectivity index (χ1v) is 7.92. The number of hydrogen-bond acceptors (Lipinski definition) is 5. The maximum Gasteiger partial charge on any atom is 0.307 e. The van der Waals surface area contributed by atoms with Crippen LogP contribution in [0.3, 0.4) is 0 Å². The zero-order valence-electron chi connectivity index (χ0n) is 11.1. The molecule has 110 valence electrons. The molecule has 0 aliphatic rings. The van der Waals surface area contributed by atoms with Gasteiger partial charge >= 0.3 is 5.97 Å². The standard InChI is InChI=1S/C14H14N2O4S/c17-14(18)10-11-2-4-12(5-3-11)21(19,20)9-6-13-15-7-1-8-16-13/h1-5,7-8H,6,9-10H2,(H,17,18). The highest BCUT2D eigenvalue weighted by Gasteiger charge is 2.15. The van der Waals surface area contributed by atoms with Crippen molar-refractivity contribution < 1.29 is 18.3 Å². The Hall–Kier alpha value is -2.28. The number of hydrogen-bond donors (Lipinski definition) is 1. The van der Waals surface area contributed by atoms with Crippen molar-refractivity contribution in [3.8, 4) is 0 Å². The van der Waals surface area contributed by atoms with Gasteiger partial charge in [0.2, 0.25) is 0 Å². The minimum Gasteiger partial charge on any atom is -0.481 e. The van der Waals surface area contributed by atoms with Gasteiger partial charge in [0.25, 0.3) is 0 Å². The van der Waals surface area contributed by atoms with Crippen LogP contribution in [-0.2, 0) is 27.5 Å². The van der Waals surface area contributed by atoms with Crippen LogP contribution in [0.1, 0.15) is 11.4 Å². The van der Waals surface area contributed by atoms with Gasteiger partial charge in [-0.1, -0.05) is 12.1 Å². The highest BCUT2D eigenvalue weighted by atomic mass is 32.2. The third-order valence-electron chi connectivity index (χ3n) is 2.85. The first-order chi connectivity index (χ1) is 9.97. The molecule has 0 saturated carbocycles. The molecule has 2 aromatic rings. The summed E-state index contributed by atoms with van der Waals surface area (Å²) in [5.41, 5.74) is 0.563. The summed E-state index contributed by atoms with van der Waals surface area (Å²) in [6, 6.07) is 7.55. The van der Waals surface area contributed by atoms with E-state index in [1.807, 2.05) is 0 Å². The maximum absolute atomic E-state index is 12.2. The highest BCUT2D eigenvalue weighted by Crippen LogP contribution is 2.14. The van der Waals surface area contributed by atoms with Crippen LogP contribution in [0.25, 0.3) is 0 Å². The van der Waals surface area contributed by atoms with Gasteiger partial charge in [-0.05, 0) is 23.8 Å². The monoisotopic (exact) mass is 306 g/mol. The molecule has 0 fully saturated rings. The van der Waals surface area contributed by atoms with Gasteiger partial charge in [-0.25, -0.2) is 18.4 Å². The molecule has 0 saturated heterocycles. The summed E-state index contributed by atoms with van der Waals surface area (Å²) in [5.74, 6) is -0.564. The molecule has 0 aliphatic carbocycles. The lowest BCUT2D eigenvalue weighted by atomic mass is 10.2. The molecule has 7 heteroatoms. The number of sulfone groups is 1. The summed E-state index contributed by atoms with van der Waals surface area (Å²) in [6.45, 7) is 0. The second-order valence-electron chi connectivity index (χ2n) is 4.45. The van der Waals surface area contributed by atoms with Crippen molar-refractivity contribution in [2.45, 2.75) is 17.7 Å². The van der Waals surface area contributed by atoms with Gasteiger partial charge in [0.1, 0.15) is 5.82 Å². The number of aromatic nitrogens is 2. The first kappa shape index (κ1) is 15.1. The van der Waals surface area contributed by atoms with E-state index in [4.69, 9.17) is 5.11 Å². The Labute approximate surface area is 122 Å². The van der Waals surface area contributed by atoms with Crippen molar-refractivity contribution >= 4 is 15.8 Å². The van der Waals surface area contributed by atoms with E-state index in [1.165, 1.54) is 24.3 Å². The van der Waals surface area contributed by atoms with Gasteiger partial charge in [0.15, 0.2) is 9.84 Å². The van der Waals surface area contributed by atoms with E-state index in [2.05, 4.69) is 9.97 Å². The van der Waals surface area contributed by atoms with Crippen molar-refractivity contribution in [3.05, 3.63) is 54.1 Å². The van der Waals surface area contributed by atoms with Gasteiger partial charge in [-0.15, -0.1) is 0 Å². The lowest BCUT2D eigenvalue weighted by molar-refractivity contribution is -0.136. The zero-order valence-corrected chi connectivity index (χ0v) is 12.0. The molecule has 0 aliphatic heterocycles. The molecule has 1 heterocycles. The maximum atomic E-state index is 12.2. The van der Waals surface area contributed by atoms with Crippen molar-refractivity contribution in [1.82, 2.24) is 9.97 Å². The number of aryl methyl sites for hydroxylation is 1. The Bertz CT molecular complexity index is 712.